The molecule has 0 saturated heterocycles. The maximum Gasteiger partial charge on any atom is 0.251 e. The molecule has 150 valence electrons. The predicted molar refractivity (Wildman–Crippen MR) is 106 cm³/mol. The molecule has 1 fully saturated rings. The number of para-hydroxylation sites is 1. The van der Waals surface area contributed by atoms with Gasteiger partial charge < -0.3 is 5.32 Å². The molecule has 0 aliphatic heterocycles. The zero-order chi connectivity index (χ0) is 20.6. The normalized spacial score (nSPS) is 19.5. The molecule has 2 unspecified atom stereocenters. The van der Waals surface area contributed by atoms with Gasteiger partial charge in [-0.2, -0.15) is 0 Å². The molecule has 0 spiro atoms. The van der Waals surface area contributed by atoms with Crippen molar-refractivity contribution >= 4 is 22.5 Å². The summed E-state index contributed by atoms with van der Waals surface area (Å²) in [6.45, 7) is 1.72. The molecule has 1 amide bonds. The highest BCUT2D eigenvalue weighted by Gasteiger charge is 2.59. The Morgan fingerprint density at radius 2 is 1.93 bits per heavy atom. The Labute approximate surface area is 167 Å². The molecule has 3 aromatic rings. The molecular weight excluding hydrogens is 377 g/mol. The lowest BCUT2D eigenvalue weighted by atomic mass is 9.78. The first-order valence-electron chi connectivity index (χ1n) is 9.54. The van der Waals surface area contributed by atoms with Crippen LogP contribution in [0.3, 0.4) is 0 Å². The first kappa shape index (κ1) is 19.4. The van der Waals surface area contributed by atoms with Gasteiger partial charge in [-0.05, 0) is 30.5 Å². The van der Waals surface area contributed by atoms with E-state index in [2.05, 4.69) is 10.3 Å². The van der Waals surface area contributed by atoms with Crippen LogP contribution in [0.2, 0.25) is 0 Å². The van der Waals surface area contributed by atoms with Gasteiger partial charge in [-0.3, -0.25) is 9.78 Å². The number of benzene rings is 2. The summed E-state index contributed by atoms with van der Waals surface area (Å²) in [7, 11) is 0. The van der Waals surface area contributed by atoms with Crippen molar-refractivity contribution in [3.05, 3.63) is 72.2 Å². The number of amides is 1. The number of nitrogens with zero attached hydrogens (tertiary/aromatic N) is 1. The van der Waals surface area contributed by atoms with E-state index in [1.165, 1.54) is 12.3 Å². The highest BCUT2D eigenvalue weighted by atomic mass is 19.3. The van der Waals surface area contributed by atoms with Crippen LogP contribution in [0.5, 0.6) is 0 Å². The molecule has 29 heavy (non-hydrogen) atoms. The van der Waals surface area contributed by atoms with Gasteiger partial charge >= 0.3 is 0 Å². The monoisotopic (exact) mass is 398 g/mol. The van der Waals surface area contributed by atoms with Gasteiger partial charge in [-0.15, -0.1) is 0 Å². The summed E-state index contributed by atoms with van der Waals surface area (Å²) in [5.74, 6) is -4.27. The van der Waals surface area contributed by atoms with Crippen LogP contribution in [0, 0.1) is 17.2 Å². The van der Waals surface area contributed by atoms with Crippen LogP contribution in [-0.4, -0.2) is 16.8 Å². The number of rotatable bonds is 6. The number of hydrogen-bond donors (Lipinski definition) is 1. The van der Waals surface area contributed by atoms with E-state index in [4.69, 9.17) is 0 Å². The topological polar surface area (TPSA) is 42.0 Å². The van der Waals surface area contributed by atoms with Gasteiger partial charge in [0.05, 0.1) is 17.3 Å². The van der Waals surface area contributed by atoms with E-state index < -0.39 is 23.1 Å². The van der Waals surface area contributed by atoms with Crippen LogP contribution < -0.4 is 5.32 Å². The number of aromatic nitrogens is 1. The van der Waals surface area contributed by atoms with Crippen LogP contribution in [0.15, 0.2) is 60.8 Å². The standard InChI is InChI=1S/C23H21F3N2O/c1-22(12-17-13-23(17,25)26,11-15-6-3-2-4-7-15)21(29)28-18-10-16-8-5-9-19(24)20(16)27-14-18/h2-10,14,17H,11-13H2,1H3,(H,28,29). The lowest BCUT2D eigenvalue weighted by Gasteiger charge is -2.29. The molecule has 0 bridgehead atoms. The molecule has 3 nitrogen and oxygen atoms in total. The van der Waals surface area contributed by atoms with Gasteiger partial charge in [0.2, 0.25) is 5.91 Å². The summed E-state index contributed by atoms with van der Waals surface area (Å²) < 4.78 is 41.0. The Morgan fingerprint density at radius 1 is 1.21 bits per heavy atom. The molecule has 2 atom stereocenters. The smallest absolute Gasteiger partial charge is 0.251 e. The molecule has 1 aromatic heterocycles. The Morgan fingerprint density at radius 3 is 2.62 bits per heavy atom. The van der Waals surface area contributed by atoms with Crippen LogP contribution in [0.1, 0.15) is 25.3 Å². The molecule has 6 heteroatoms. The lowest BCUT2D eigenvalue weighted by molar-refractivity contribution is -0.125. The van der Waals surface area contributed by atoms with Crippen molar-refractivity contribution in [1.82, 2.24) is 4.98 Å². The van der Waals surface area contributed by atoms with Gasteiger partial charge in [0.15, 0.2) is 0 Å². The fraction of sp³-hybridized carbons (Fsp3) is 0.304. The minimum atomic E-state index is -2.69. The second-order valence-electron chi connectivity index (χ2n) is 8.08. The number of alkyl halides is 2. The first-order chi connectivity index (χ1) is 13.8. The number of nitrogens with one attached hydrogen (secondary N) is 1. The third-order valence-corrected chi connectivity index (χ3v) is 5.56. The van der Waals surface area contributed by atoms with Crippen LogP contribution in [0.4, 0.5) is 18.9 Å². The van der Waals surface area contributed by atoms with E-state index in [0.29, 0.717) is 17.5 Å². The average molecular weight is 398 g/mol. The second-order valence-corrected chi connectivity index (χ2v) is 8.08. The molecule has 2 aromatic carbocycles. The number of anilines is 1. The van der Waals surface area contributed by atoms with Crippen molar-refractivity contribution in [2.75, 3.05) is 5.32 Å². The molecule has 0 radical (unpaired) electrons. The summed E-state index contributed by atoms with van der Waals surface area (Å²) in [6.07, 6.45) is 1.65. The summed E-state index contributed by atoms with van der Waals surface area (Å²) in [5, 5.41) is 3.36. The Bertz CT molecular complexity index is 1050. The fourth-order valence-electron chi connectivity index (χ4n) is 3.80. The SMILES string of the molecule is CC(Cc1ccccc1)(CC1CC1(F)F)C(=O)Nc1cnc2c(F)cccc2c1. The third-order valence-electron chi connectivity index (χ3n) is 5.56. The first-order valence-corrected chi connectivity index (χ1v) is 9.54. The predicted octanol–water partition coefficient (Wildman–Crippen LogP) is 5.61. The quantitative estimate of drug-likeness (QED) is 0.587. The number of halogens is 3. The van der Waals surface area contributed by atoms with E-state index in [-0.39, 0.29) is 24.3 Å². The Hall–Kier alpha value is -2.89. The van der Waals surface area contributed by atoms with Crippen LogP contribution in [0.25, 0.3) is 10.9 Å². The van der Waals surface area contributed by atoms with Gasteiger partial charge in [-0.25, -0.2) is 13.2 Å². The number of carbonyl (C=O) groups excluding carboxylic acids is 1. The van der Waals surface area contributed by atoms with Gasteiger partial charge in [0, 0.05) is 17.7 Å². The number of pyridine rings is 1. The molecule has 1 N–H and O–H groups in total. The van der Waals surface area contributed by atoms with Crippen molar-refractivity contribution in [2.45, 2.75) is 32.1 Å². The maximum absolute atomic E-state index is 13.8. The molecular formula is C23H21F3N2O. The van der Waals surface area contributed by atoms with E-state index in [0.717, 1.165) is 5.56 Å². The molecule has 1 aliphatic carbocycles. The van der Waals surface area contributed by atoms with E-state index in [1.807, 2.05) is 30.3 Å². The molecule has 1 saturated carbocycles. The van der Waals surface area contributed by atoms with Gasteiger partial charge in [0.1, 0.15) is 11.3 Å². The van der Waals surface area contributed by atoms with Crippen LogP contribution >= 0.6 is 0 Å². The van der Waals surface area contributed by atoms with E-state index in [9.17, 15) is 18.0 Å². The summed E-state index contributed by atoms with van der Waals surface area (Å²) in [6, 6.07) is 15.6. The van der Waals surface area contributed by atoms with E-state index >= 15 is 0 Å². The largest absolute Gasteiger partial charge is 0.324 e. The summed E-state index contributed by atoms with van der Waals surface area (Å²) >= 11 is 0. The van der Waals surface area contributed by atoms with Crippen LogP contribution in [-0.2, 0) is 11.2 Å². The highest BCUT2D eigenvalue weighted by molar-refractivity contribution is 5.96. The number of hydrogen-bond acceptors (Lipinski definition) is 2. The van der Waals surface area contributed by atoms with Gasteiger partial charge in [-0.1, -0.05) is 49.4 Å². The van der Waals surface area contributed by atoms with Crippen molar-refractivity contribution in [3.63, 3.8) is 0 Å². The fourth-order valence-corrected chi connectivity index (χ4v) is 3.80. The Balaban J connectivity index is 1.59. The summed E-state index contributed by atoms with van der Waals surface area (Å²) in [4.78, 5) is 17.2. The zero-order valence-corrected chi connectivity index (χ0v) is 16.0. The minimum Gasteiger partial charge on any atom is -0.324 e. The molecule has 4 rings (SSSR count). The highest BCUT2D eigenvalue weighted by Crippen LogP contribution is 2.54. The van der Waals surface area contributed by atoms with Crippen molar-refractivity contribution in [1.29, 1.82) is 0 Å². The minimum absolute atomic E-state index is 0.0936. The molecule has 1 aliphatic rings. The van der Waals surface area contributed by atoms with Crippen molar-refractivity contribution in [3.8, 4) is 0 Å². The average Bonchev–Trinajstić information content (AvgIpc) is 3.27. The third kappa shape index (κ3) is 4.11. The molecule has 1 heterocycles. The van der Waals surface area contributed by atoms with Gasteiger partial charge in [0.25, 0.3) is 5.92 Å². The van der Waals surface area contributed by atoms with Crippen molar-refractivity contribution < 1.29 is 18.0 Å². The van der Waals surface area contributed by atoms with E-state index in [1.54, 1.807) is 25.1 Å². The Kier molecular flexibility index (Phi) is 4.81. The second kappa shape index (κ2) is 7.17. The lowest BCUT2D eigenvalue weighted by Crippen LogP contribution is -2.36. The number of fused-ring (bicyclic) bond motifs is 1. The maximum atomic E-state index is 13.8. The summed E-state index contributed by atoms with van der Waals surface area (Å²) in [5.41, 5.74) is 0.529. The zero-order valence-electron chi connectivity index (χ0n) is 16.0. The number of carbonyl (C=O) groups is 1. The van der Waals surface area contributed by atoms with Crippen molar-refractivity contribution in [2.24, 2.45) is 11.3 Å².